The van der Waals surface area contributed by atoms with Crippen molar-refractivity contribution in [1.29, 1.82) is 5.26 Å². The summed E-state index contributed by atoms with van der Waals surface area (Å²) in [6.07, 6.45) is 0. The van der Waals surface area contributed by atoms with E-state index in [4.69, 9.17) is 9.97 Å². The van der Waals surface area contributed by atoms with Gasteiger partial charge in [-0.25, -0.2) is 9.97 Å². The van der Waals surface area contributed by atoms with E-state index in [-0.39, 0.29) is 0 Å². The number of rotatable bonds is 6. The molecule has 0 fully saturated rings. The maximum absolute atomic E-state index is 9.75. The summed E-state index contributed by atoms with van der Waals surface area (Å²) in [4.78, 5) is 10.3. The van der Waals surface area contributed by atoms with Crippen LogP contribution in [0.25, 0.3) is 116 Å². The number of hydrogen-bond donors (Lipinski definition) is 0. The van der Waals surface area contributed by atoms with Crippen molar-refractivity contribution >= 4 is 54.1 Å². The first-order chi connectivity index (χ1) is 30.1. The second-order valence-corrected chi connectivity index (χ2v) is 15.7. The van der Waals surface area contributed by atoms with E-state index in [0.29, 0.717) is 11.4 Å². The average molecular weight is 775 g/mol. The van der Waals surface area contributed by atoms with Gasteiger partial charge < -0.3 is 4.57 Å². The van der Waals surface area contributed by atoms with E-state index < -0.39 is 0 Å². The van der Waals surface area contributed by atoms with Gasteiger partial charge in [0.2, 0.25) is 0 Å². The van der Waals surface area contributed by atoms with Crippen molar-refractivity contribution in [2.24, 2.45) is 0 Å². The number of benzene rings is 10. The van der Waals surface area contributed by atoms with Gasteiger partial charge in [-0.05, 0) is 127 Å². The van der Waals surface area contributed by atoms with Crippen LogP contribution in [-0.4, -0.2) is 14.5 Å². The Hall–Kier alpha value is -8.39. The highest BCUT2D eigenvalue weighted by Crippen LogP contribution is 2.41. The lowest BCUT2D eigenvalue weighted by Crippen LogP contribution is -1.96. The Morgan fingerprint density at radius 3 is 1.36 bits per heavy atom. The fourth-order valence-electron chi connectivity index (χ4n) is 9.21. The molecule has 0 aliphatic rings. The third-order valence-electron chi connectivity index (χ3n) is 12.1. The lowest BCUT2D eigenvalue weighted by atomic mass is 9.90. The first kappa shape index (κ1) is 34.6. The zero-order valence-corrected chi connectivity index (χ0v) is 32.9. The van der Waals surface area contributed by atoms with Gasteiger partial charge in [0.1, 0.15) is 0 Å². The zero-order chi connectivity index (χ0) is 40.4. The number of hydrogen-bond acceptors (Lipinski definition) is 3. The molecule has 282 valence electrons. The van der Waals surface area contributed by atoms with E-state index in [2.05, 4.69) is 187 Å². The van der Waals surface area contributed by atoms with Gasteiger partial charge >= 0.3 is 0 Å². The largest absolute Gasteiger partial charge is 0.309 e. The number of fused-ring (bicyclic) bond motifs is 3. The van der Waals surface area contributed by atoms with Crippen LogP contribution in [0.1, 0.15) is 5.56 Å². The van der Waals surface area contributed by atoms with Crippen molar-refractivity contribution in [3.8, 4) is 67.9 Å². The van der Waals surface area contributed by atoms with Gasteiger partial charge in [-0.2, -0.15) is 5.26 Å². The summed E-state index contributed by atoms with van der Waals surface area (Å²) in [5.41, 5.74) is 13.5. The van der Waals surface area contributed by atoms with Gasteiger partial charge in [0, 0.05) is 33.2 Å². The summed E-state index contributed by atoms with van der Waals surface area (Å²) in [7, 11) is 0. The Balaban J connectivity index is 0.912. The van der Waals surface area contributed by atoms with Gasteiger partial charge in [0.25, 0.3) is 0 Å². The van der Waals surface area contributed by atoms with E-state index in [1.165, 1.54) is 43.4 Å². The molecule has 0 bridgehead atoms. The molecular formula is C57H34N4. The van der Waals surface area contributed by atoms with Crippen LogP contribution in [0.15, 0.2) is 206 Å². The minimum Gasteiger partial charge on any atom is -0.309 e. The number of para-hydroxylation sites is 1. The van der Waals surface area contributed by atoms with E-state index in [9.17, 15) is 5.26 Å². The molecule has 4 nitrogen and oxygen atoms in total. The fraction of sp³-hybridized carbons (Fsp3) is 0. The lowest BCUT2D eigenvalue weighted by Gasteiger charge is -2.15. The van der Waals surface area contributed by atoms with E-state index in [0.717, 1.165) is 66.7 Å². The molecule has 12 aromatic rings. The molecule has 10 aromatic carbocycles. The smallest absolute Gasteiger partial charge is 0.160 e. The van der Waals surface area contributed by atoms with Crippen molar-refractivity contribution in [1.82, 2.24) is 14.5 Å². The molecule has 2 heterocycles. The molecule has 0 spiro atoms. The molecule has 61 heavy (non-hydrogen) atoms. The standard InChI is InChI=1S/C57H34N4/c58-35-36-16-26-53-49(28-36)50-33-41(25-27-54(50)61(53)48-14-8-3-9-15-48)37-17-19-38(20-18-37)46-29-42-21-23-44-31-47(32-45-24-22-43(30-46)55(42)56(44)45)57-59-51(39-10-4-1-5-11-39)34-52(60-57)40-12-6-2-7-13-40/h1-34H. The maximum atomic E-state index is 9.75. The molecule has 0 amide bonds. The van der Waals surface area contributed by atoms with Crippen LogP contribution < -0.4 is 0 Å². The Kier molecular flexibility index (Phi) is 7.88. The minimum atomic E-state index is 0.657. The molecule has 2 aromatic heterocycles. The predicted octanol–water partition coefficient (Wildman–Crippen LogP) is 14.7. The van der Waals surface area contributed by atoms with Gasteiger partial charge in [-0.1, -0.05) is 133 Å². The normalized spacial score (nSPS) is 11.6. The van der Waals surface area contributed by atoms with Crippen LogP contribution in [0.4, 0.5) is 0 Å². The molecule has 0 aliphatic carbocycles. The molecule has 0 unspecified atom stereocenters. The summed E-state index contributed by atoms with van der Waals surface area (Å²) in [5.74, 6) is 0.712. The highest BCUT2D eigenvalue weighted by Gasteiger charge is 2.17. The monoisotopic (exact) mass is 774 g/mol. The third kappa shape index (κ3) is 5.83. The van der Waals surface area contributed by atoms with Crippen molar-refractivity contribution < 1.29 is 0 Å². The summed E-state index contributed by atoms with van der Waals surface area (Å²) >= 11 is 0. The number of nitrogens with zero attached hydrogens (tertiary/aromatic N) is 4. The van der Waals surface area contributed by atoms with Crippen LogP contribution >= 0.6 is 0 Å². The fourth-order valence-corrected chi connectivity index (χ4v) is 9.21. The van der Waals surface area contributed by atoms with Crippen LogP contribution in [0, 0.1) is 11.3 Å². The molecule has 0 atom stereocenters. The predicted molar refractivity (Wildman–Crippen MR) is 252 cm³/mol. The topological polar surface area (TPSA) is 54.5 Å². The second-order valence-electron chi connectivity index (χ2n) is 15.7. The Bertz CT molecular complexity index is 3550. The third-order valence-corrected chi connectivity index (χ3v) is 12.1. The van der Waals surface area contributed by atoms with Gasteiger partial charge in [0.05, 0.1) is 34.1 Å². The number of nitriles is 1. The van der Waals surface area contributed by atoms with Crippen LogP contribution in [0.2, 0.25) is 0 Å². The van der Waals surface area contributed by atoms with Gasteiger partial charge in [-0.3, -0.25) is 0 Å². The van der Waals surface area contributed by atoms with Crippen LogP contribution in [0.5, 0.6) is 0 Å². The second kappa shape index (κ2) is 13.9. The van der Waals surface area contributed by atoms with Crippen molar-refractivity contribution in [3.05, 3.63) is 212 Å². The highest BCUT2D eigenvalue weighted by atomic mass is 15.0. The Morgan fingerprint density at radius 1 is 0.361 bits per heavy atom. The van der Waals surface area contributed by atoms with E-state index in [1.54, 1.807) is 0 Å². The maximum Gasteiger partial charge on any atom is 0.160 e. The number of aromatic nitrogens is 3. The average Bonchev–Trinajstić information content (AvgIpc) is 3.66. The molecule has 0 radical (unpaired) electrons. The van der Waals surface area contributed by atoms with E-state index >= 15 is 0 Å². The molecule has 0 saturated carbocycles. The van der Waals surface area contributed by atoms with Gasteiger partial charge in [0.15, 0.2) is 5.82 Å². The van der Waals surface area contributed by atoms with Crippen molar-refractivity contribution in [2.75, 3.05) is 0 Å². The van der Waals surface area contributed by atoms with E-state index in [1.807, 2.05) is 30.3 Å². The Morgan fingerprint density at radius 2 is 0.820 bits per heavy atom. The zero-order valence-electron chi connectivity index (χ0n) is 32.9. The SMILES string of the molecule is N#Cc1ccc2c(c1)c1cc(-c3ccc(-c4cc5ccc6cc(-c7nc(-c8ccccc8)cc(-c8ccccc8)n7)cc7ccc(c4)c5c67)cc3)ccc1n2-c1ccccc1. The van der Waals surface area contributed by atoms with Crippen molar-refractivity contribution in [2.45, 2.75) is 0 Å². The van der Waals surface area contributed by atoms with Crippen LogP contribution in [0.3, 0.4) is 0 Å². The minimum absolute atomic E-state index is 0.657. The molecule has 4 heteroatoms. The summed E-state index contributed by atoms with van der Waals surface area (Å²) < 4.78 is 2.28. The van der Waals surface area contributed by atoms with Crippen molar-refractivity contribution in [3.63, 3.8) is 0 Å². The summed E-state index contributed by atoms with van der Waals surface area (Å²) in [6, 6.07) is 75.2. The quantitative estimate of drug-likeness (QED) is 0.158. The molecule has 12 rings (SSSR count). The first-order valence-corrected chi connectivity index (χ1v) is 20.5. The van der Waals surface area contributed by atoms with Crippen LogP contribution in [-0.2, 0) is 0 Å². The Labute approximate surface area is 352 Å². The molecule has 0 N–H and O–H groups in total. The lowest BCUT2D eigenvalue weighted by molar-refractivity contribution is 1.18. The first-order valence-electron chi connectivity index (χ1n) is 20.5. The molecule has 0 aliphatic heterocycles. The highest BCUT2D eigenvalue weighted by molar-refractivity contribution is 6.24. The molecule has 0 saturated heterocycles. The summed E-state index contributed by atoms with van der Waals surface area (Å²) in [6.45, 7) is 0. The van der Waals surface area contributed by atoms with Gasteiger partial charge in [-0.15, -0.1) is 0 Å². The molecular weight excluding hydrogens is 741 g/mol. The summed E-state index contributed by atoms with van der Waals surface area (Å²) in [5, 5.41) is 19.3.